The summed E-state index contributed by atoms with van der Waals surface area (Å²) in [5.41, 5.74) is 0.128. The van der Waals surface area contributed by atoms with Crippen LogP contribution in [0.15, 0.2) is 16.7 Å². The van der Waals surface area contributed by atoms with E-state index in [0.717, 1.165) is 0 Å². The predicted octanol–water partition coefficient (Wildman–Crippen LogP) is 1.59. The molecule has 0 aliphatic rings. The van der Waals surface area contributed by atoms with Crippen molar-refractivity contribution in [2.45, 2.75) is 0 Å². The maximum atomic E-state index is 10.6. The zero-order chi connectivity index (χ0) is 10.6. The normalized spacial score (nSPS) is 9.14. The SMILES string of the molecule is C#CCNc1ncc(C(=O)O)cc1Br. The van der Waals surface area contributed by atoms with E-state index in [1.54, 1.807) is 0 Å². The maximum absolute atomic E-state index is 10.6. The number of pyridine rings is 1. The number of aromatic nitrogens is 1. The number of carboxylic acids is 1. The largest absolute Gasteiger partial charge is 0.478 e. The first-order chi connectivity index (χ1) is 6.65. The molecule has 0 bridgehead atoms. The molecule has 0 fully saturated rings. The lowest BCUT2D eigenvalue weighted by Crippen LogP contribution is -2.04. The van der Waals surface area contributed by atoms with Gasteiger partial charge in [0.25, 0.3) is 0 Å². The van der Waals surface area contributed by atoms with Crippen molar-refractivity contribution in [2.24, 2.45) is 0 Å². The van der Waals surface area contributed by atoms with Gasteiger partial charge in [-0.15, -0.1) is 6.42 Å². The Bertz CT molecular complexity index is 398. The lowest BCUT2D eigenvalue weighted by molar-refractivity contribution is 0.0696. The third-order valence-electron chi connectivity index (χ3n) is 1.45. The standard InChI is InChI=1S/C9H7BrN2O2/c1-2-3-11-8-7(10)4-6(5-12-8)9(13)14/h1,4-5H,3H2,(H,11,12)(H,13,14). The summed E-state index contributed by atoms with van der Waals surface area (Å²) in [6.45, 7) is 0.345. The Morgan fingerprint density at radius 1 is 1.79 bits per heavy atom. The maximum Gasteiger partial charge on any atom is 0.337 e. The summed E-state index contributed by atoms with van der Waals surface area (Å²) in [7, 11) is 0. The van der Waals surface area contributed by atoms with Crippen molar-refractivity contribution in [3.8, 4) is 12.3 Å². The van der Waals surface area contributed by atoms with Gasteiger partial charge in [-0.1, -0.05) is 5.92 Å². The van der Waals surface area contributed by atoms with Crippen molar-refractivity contribution in [1.29, 1.82) is 0 Å². The molecule has 0 aliphatic heterocycles. The van der Waals surface area contributed by atoms with Crippen LogP contribution >= 0.6 is 15.9 Å². The minimum absolute atomic E-state index is 0.128. The number of aromatic carboxylic acids is 1. The number of hydrogen-bond donors (Lipinski definition) is 2. The first-order valence-corrected chi connectivity index (χ1v) is 4.50. The molecule has 0 saturated carbocycles. The van der Waals surface area contributed by atoms with Crippen LogP contribution in [0, 0.1) is 12.3 Å². The number of terminal acetylenes is 1. The van der Waals surface area contributed by atoms with Gasteiger partial charge < -0.3 is 10.4 Å². The van der Waals surface area contributed by atoms with E-state index in [2.05, 4.69) is 32.2 Å². The molecule has 0 radical (unpaired) electrons. The van der Waals surface area contributed by atoms with Gasteiger partial charge in [-0.05, 0) is 22.0 Å². The van der Waals surface area contributed by atoms with E-state index in [0.29, 0.717) is 16.8 Å². The first kappa shape index (κ1) is 10.5. The fourth-order valence-corrected chi connectivity index (χ4v) is 1.31. The van der Waals surface area contributed by atoms with Gasteiger partial charge in [0.05, 0.1) is 16.6 Å². The van der Waals surface area contributed by atoms with Gasteiger partial charge in [0.1, 0.15) is 5.82 Å². The zero-order valence-corrected chi connectivity index (χ0v) is 8.71. The topological polar surface area (TPSA) is 62.2 Å². The van der Waals surface area contributed by atoms with Gasteiger partial charge in [-0.25, -0.2) is 9.78 Å². The molecule has 72 valence electrons. The van der Waals surface area contributed by atoms with E-state index >= 15 is 0 Å². The summed E-state index contributed by atoms with van der Waals surface area (Å²) in [4.78, 5) is 14.5. The number of nitrogens with zero attached hydrogens (tertiary/aromatic N) is 1. The Balaban J connectivity index is 2.91. The van der Waals surface area contributed by atoms with Crippen LogP contribution in [0.25, 0.3) is 0 Å². The van der Waals surface area contributed by atoms with Gasteiger partial charge in [0, 0.05) is 6.20 Å². The predicted molar refractivity (Wildman–Crippen MR) is 56.2 cm³/mol. The number of carboxylic acid groups (broad SMARTS) is 1. The summed E-state index contributed by atoms with van der Waals surface area (Å²) < 4.78 is 0.577. The van der Waals surface area contributed by atoms with Crippen LogP contribution in [0.3, 0.4) is 0 Å². The number of carbonyl (C=O) groups is 1. The minimum atomic E-state index is -1.01. The Morgan fingerprint density at radius 3 is 3.00 bits per heavy atom. The Hall–Kier alpha value is -1.54. The minimum Gasteiger partial charge on any atom is -0.478 e. The molecule has 14 heavy (non-hydrogen) atoms. The Kier molecular flexibility index (Phi) is 3.48. The van der Waals surface area contributed by atoms with Gasteiger partial charge in [-0.2, -0.15) is 0 Å². The molecule has 0 spiro atoms. The molecule has 5 heteroatoms. The highest BCUT2D eigenvalue weighted by atomic mass is 79.9. The highest BCUT2D eigenvalue weighted by Gasteiger charge is 2.06. The molecule has 0 saturated heterocycles. The average Bonchev–Trinajstić information content (AvgIpc) is 2.15. The molecule has 1 rings (SSSR count). The van der Waals surface area contributed by atoms with Crippen LogP contribution in [0.5, 0.6) is 0 Å². The van der Waals surface area contributed by atoms with Crippen molar-refractivity contribution in [3.63, 3.8) is 0 Å². The summed E-state index contributed by atoms with van der Waals surface area (Å²) in [5.74, 6) is 1.92. The molecule has 2 N–H and O–H groups in total. The first-order valence-electron chi connectivity index (χ1n) is 3.71. The number of hydrogen-bond acceptors (Lipinski definition) is 3. The average molecular weight is 255 g/mol. The molecule has 0 atom stereocenters. The molecule has 1 aromatic rings. The molecule has 0 amide bonds. The van der Waals surface area contributed by atoms with E-state index in [4.69, 9.17) is 11.5 Å². The van der Waals surface area contributed by atoms with E-state index in [1.807, 2.05) is 0 Å². The van der Waals surface area contributed by atoms with E-state index in [-0.39, 0.29) is 5.56 Å². The van der Waals surface area contributed by atoms with E-state index in [1.165, 1.54) is 12.3 Å². The van der Waals surface area contributed by atoms with Crippen molar-refractivity contribution >= 4 is 27.7 Å². The van der Waals surface area contributed by atoms with Crippen molar-refractivity contribution in [2.75, 3.05) is 11.9 Å². The monoisotopic (exact) mass is 254 g/mol. The fraction of sp³-hybridized carbons (Fsp3) is 0.111. The Labute approximate surface area is 89.5 Å². The van der Waals surface area contributed by atoms with Crippen LogP contribution in [-0.4, -0.2) is 22.6 Å². The van der Waals surface area contributed by atoms with Gasteiger partial charge >= 0.3 is 5.97 Å². The van der Waals surface area contributed by atoms with Gasteiger partial charge in [-0.3, -0.25) is 0 Å². The van der Waals surface area contributed by atoms with Crippen molar-refractivity contribution in [1.82, 2.24) is 4.98 Å². The summed E-state index contributed by atoms with van der Waals surface area (Å²) >= 11 is 3.19. The molecular weight excluding hydrogens is 248 g/mol. The number of anilines is 1. The number of rotatable bonds is 3. The van der Waals surface area contributed by atoms with Gasteiger partial charge in [0.15, 0.2) is 0 Å². The second-order valence-corrected chi connectivity index (χ2v) is 3.27. The van der Waals surface area contributed by atoms with Crippen LogP contribution in [0.1, 0.15) is 10.4 Å². The molecule has 1 aromatic heterocycles. The highest BCUT2D eigenvalue weighted by molar-refractivity contribution is 9.10. The Morgan fingerprint density at radius 2 is 2.50 bits per heavy atom. The number of halogens is 1. The smallest absolute Gasteiger partial charge is 0.337 e. The second-order valence-electron chi connectivity index (χ2n) is 2.42. The van der Waals surface area contributed by atoms with Crippen molar-refractivity contribution < 1.29 is 9.90 Å². The highest BCUT2D eigenvalue weighted by Crippen LogP contribution is 2.20. The third-order valence-corrected chi connectivity index (χ3v) is 2.05. The third kappa shape index (κ3) is 2.47. The molecule has 0 aromatic carbocycles. The van der Waals surface area contributed by atoms with Gasteiger partial charge in [0.2, 0.25) is 0 Å². The summed E-state index contributed by atoms with van der Waals surface area (Å²) in [6.07, 6.45) is 6.32. The number of nitrogens with one attached hydrogen (secondary N) is 1. The van der Waals surface area contributed by atoms with E-state index in [9.17, 15) is 4.79 Å². The fourth-order valence-electron chi connectivity index (χ4n) is 0.820. The molecule has 0 aliphatic carbocycles. The molecule has 1 heterocycles. The lowest BCUT2D eigenvalue weighted by Gasteiger charge is -2.04. The molecule has 4 nitrogen and oxygen atoms in total. The van der Waals surface area contributed by atoms with Crippen LogP contribution in [-0.2, 0) is 0 Å². The quantitative estimate of drug-likeness (QED) is 0.805. The lowest BCUT2D eigenvalue weighted by atomic mass is 10.3. The van der Waals surface area contributed by atoms with Crippen LogP contribution in [0.4, 0.5) is 5.82 Å². The summed E-state index contributed by atoms with van der Waals surface area (Å²) in [5, 5.41) is 11.5. The van der Waals surface area contributed by atoms with Crippen LogP contribution in [0.2, 0.25) is 0 Å². The second kappa shape index (κ2) is 4.63. The van der Waals surface area contributed by atoms with Crippen molar-refractivity contribution in [3.05, 3.63) is 22.3 Å². The summed E-state index contributed by atoms with van der Waals surface area (Å²) in [6, 6.07) is 1.47. The van der Waals surface area contributed by atoms with Crippen LogP contribution < -0.4 is 5.32 Å². The zero-order valence-electron chi connectivity index (χ0n) is 7.12. The molecule has 0 unspecified atom stereocenters. The molecular formula is C9H7BrN2O2. The van der Waals surface area contributed by atoms with E-state index < -0.39 is 5.97 Å².